The minimum atomic E-state index is -0.613. The summed E-state index contributed by atoms with van der Waals surface area (Å²) in [7, 11) is 0. The van der Waals surface area contributed by atoms with E-state index in [0.717, 1.165) is 0 Å². The fourth-order valence-electron chi connectivity index (χ4n) is 3.28. The molecule has 0 aliphatic heterocycles. The highest BCUT2D eigenvalue weighted by molar-refractivity contribution is 7.98. The number of halogens is 2. The predicted octanol–water partition coefficient (Wildman–Crippen LogP) is 6.66. The molecule has 236 valence electrons. The van der Waals surface area contributed by atoms with Gasteiger partial charge in [-0.15, -0.1) is 0 Å². The van der Waals surface area contributed by atoms with Crippen LogP contribution < -0.4 is 21.3 Å². The van der Waals surface area contributed by atoms with Gasteiger partial charge in [-0.2, -0.15) is 0 Å². The molecule has 4 aromatic rings. The maximum absolute atomic E-state index is 12.2. The van der Waals surface area contributed by atoms with E-state index in [4.69, 9.17) is 27.9 Å². The number of urea groups is 2. The van der Waals surface area contributed by atoms with Gasteiger partial charge in [-0.1, -0.05) is 71.0 Å². The first-order valence-corrected chi connectivity index (χ1v) is 16.1. The molecule has 0 spiro atoms. The van der Waals surface area contributed by atoms with E-state index in [0.29, 0.717) is 37.3 Å². The zero-order valence-electron chi connectivity index (χ0n) is 24.1. The number of para-hydroxylation sites is 2. The standard InChI is InChI=1S/C15H15ClN4O3S.C13H13ClN4O2S/c1-3-23-13(21)9-8-17-15(24-2)20-12(9)19-14(22)18-11-7-5-4-6-10(11)16;1-21-13-15-6-8(7-19)11(18-13)17-12(20)16-10-5-3-2-4-9(10)14/h4-8H,3H2,1-2H3,(H2,17,18,19,20,22);2-6,19H,7H2,1H3,(H2,15,16,17,18,20). The van der Waals surface area contributed by atoms with Gasteiger partial charge in [0.1, 0.15) is 11.4 Å². The van der Waals surface area contributed by atoms with E-state index < -0.39 is 18.0 Å². The monoisotopic (exact) mass is 690 g/mol. The summed E-state index contributed by atoms with van der Waals surface area (Å²) in [6.07, 6.45) is 6.40. The number of rotatable bonds is 9. The van der Waals surface area contributed by atoms with Crippen molar-refractivity contribution in [2.24, 2.45) is 0 Å². The fraction of sp³-hybridized carbons (Fsp3) is 0.179. The van der Waals surface area contributed by atoms with Crippen LogP contribution in [0.5, 0.6) is 0 Å². The summed E-state index contributed by atoms with van der Waals surface area (Å²) in [5.74, 6) is -0.281. The number of carbonyl (C=O) groups is 3. The van der Waals surface area contributed by atoms with Gasteiger partial charge in [0, 0.05) is 18.0 Å². The Morgan fingerprint density at radius 1 is 0.778 bits per heavy atom. The zero-order valence-corrected chi connectivity index (χ0v) is 27.3. The lowest BCUT2D eigenvalue weighted by Gasteiger charge is -2.11. The van der Waals surface area contributed by atoms with Crippen molar-refractivity contribution in [2.75, 3.05) is 40.4 Å². The molecule has 0 radical (unpaired) electrons. The summed E-state index contributed by atoms with van der Waals surface area (Å²) in [6.45, 7) is 1.62. The van der Waals surface area contributed by atoms with E-state index in [1.807, 2.05) is 6.26 Å². The van der Waals surface area contributed by atoms with Crippen LogP contribution in [0.25, 0.3) is 0 Å². The maximum atomic E-state index is 12.2. The quantitative estimate of drug-likeness (QED) is 0.0720. The first kappa shape index (κ1) is 35.3. The van der Waals surface area contributed by atoms with Crippen LogP contribution in [0.2, 0.25) is 10.0 Å². The van der Waals surface area contributed by atoms with E-state index in [1.165, 1.54) is 35.9 Å². The smallest absolute Gasteiger partial charge is 0.343 e. The second kappa shape index (κ2) is 18.0. The number of esters is 1. The SMILES string of the molecule is CCOC(=O)c1cnc(SC)nc1NC(=O)Nc1ccccc1Cl.CSc1ncc(CO)c(NC(=O)Nc2ccccc2Cl)n1. The molecule has 13 nitrogen and oxygen atoms in total. The fourth-order valence-corrected chi connectivity index (χ4v) is 4.33. The van der Waals surface area contributed by atoms with Crippen LogP contribution in [-0.2, 0) is 11.3 Å². The van der Waals surface area contributed by atoms with E-state index >= 15 is 0 Å². The van der Waals surface area contributed by atoms with Gasteiger partial charge in [0.25, 0.3) is 0 Å². The lowest BCUT2D eigenvalue weighted by molar-refractivity contribution is 0.0526. The van der Waals surface area contributed by atoms with E-state index in [1.54, 1.807) is 61.7 Å². The Balaban J connectivity index is 0.000000248. The number of aliphatic hydroxyl groups is 1. The van der Waals surface area contributed by atoms with Gasteiger partial charge in [0.2, 0.25) is 0 Å². The third-order valence-electron chi connectivity index (χ3n) is 5.35. The molecule has 17 heteroatoms. The van der Waals surface area contributed by atoms with Gasteiger partial charge < -0.3 is 20.5 Å². The average molecular weight is 692 g/mol. The van der Waals surface area contributed by atoms with Gasteiger partial charge in [-0.05, 0) is 43.7 Å². The molecule has 2 aromatic heterocycles. The molecule has 4 rings (SSSR count). The number of aromatic nitrogens is 4. The topological polar surface area (TPSA) is 180 Å². The molecular weight excluding hydrogens is 663 g/mol. The summed E-state index contributed by atoms with van der Waals surface area (Å²) in [5, 5.41) is 21.3. The van der Waals surface area contributed by atoms with Crippen molar-refractivity contribution in [3.05, 3.63) is 82.1 Å². The Kier molecular flexibility index (Phi) is 14.1. The van der Waals surface area contributed by atoms with Crippen molar-refractivity contribution in [3.8, 4) is 0 Å². The lowest BCUT2D eigenvalue weighted by Crippen LogP contribution is -2.23. The molecule has 4 amide bonds. The Hall–Kier alpha value is -4.15. The number of hydrogen-bond acceptors (Lipinski definition) is 11. The normalized spacial score (nSPS) is 10.2. The van der Waals surface area contributed by atoms with Gasteiger partial charge in [0.15, 0.2) is 16.1 Å². The molecular formula is C28H28Cl2N8O5S2. The summed E-state index contributed by atoms with van der Waals surface area (Å²) in [4.78, 5) is 52.5. The van der Waals surface area contributed by atoms with Crippen molar-refractivity contribution in [1.29, 1.82) is 0 Å². The Labute approximate surface area is 277 Å². The van der Waals surface area contributed by atoms with Crippen LogP contribution in [0.4, 0.5) is 32.6 Å². The number of thioether (sulfide) groups is 2. The molecule has 0 unspecified atom stereocenters. The average Bonchev–Trinajstić information content (AvgIpc) is 3.03. The zero-order chi connectivity index (χ0) is 32.8. The number of ether oxygens (including phenoxy) is 1. The van der Waals surface area contributed by atoms with E-state index in [-0.39, 0.29) is 30.4 Å². The predicted molar refractivity (Wildman–Crippen MR) is 178 cm³/mol. The van der Waals surface area contributed by atoms with Crippen LogP contribution in [0, 0.1) is 0 Å². The van der Waals surface area contributed by atoms with Crippen LogP contribution >= 0.6 is 46.7 Å². The van der Waals surface area contributed by atoms with Crippen LogP contribution in [0.1, 0.15) is 22.8 Å². The molecule has 0 saturated carbocycles. The largest absolute Gasteiger partial charge is 0.462 e. The molecule has 0 aliphatic rings. The Morgan fingerprint density at radius 3 is 1.76 bits per heavy atom. The highest BCUT2D eigenvalue weighted by Gasteiger charge is 2.18. The van der Waals surface area contributed by atoms with Gasteiger partial charge in [-0.25, -0.2) is 34.3 Å². The van der Waals surface area contributed by atoms with Gasteiger partial charge in [-0.3, -0.25) is 10.6 Å². The van der Waals surface area contributed by atoms with Gasteiger partial charge in [0.05, 0.1) is 34.6 Å². The van der Waals surface area contributed by atoms with Crippen molar-refractivity contribution in [3.63, 3.8) is 0 Å². The van der Waals surface area contributed by atoms with Crippen molar-refractivity contribution >= 4 is 87.8 Å². The van der Waals surface area contributed by atoms with Gasteiger partial charge >= 0.3 is 18.0 Å². The summed E-state index contributed by atoms with van der Waals surface area (Å²) >= 11 is 14.6. The first-order valence-electron chi connectivity index (χ1n) is 12.9. The molecule has 0 bridgehead atoms. The number of anilines is 4. The molecule has 0 saturated heterocycles. The molecule has 5 N–H and O–H groups in total. The summed E-state index contributed by atoms with van der Waals surface area (Å²) < 4.78 is 4.94. The molecule has 2 aromatic carbocycles. The Bertz CT molecular complexity index is 1650. The lowest BCUT2D eigenvalue weighted by atomic mass is 10.3. The first-order chi connectivity index (χ1) is 21.7. The highest BCUT2D eigenvalue weighted by Crippen LogP contribution is 2.23. The maximum Gasteiger partial charge on any atom is 0.343 e. The van der Waals surface area contributed by atoms with Crippen molar-refractivity contribution in [2.45, 2.75) is 23.8 Å². The van der Waals surface area contributed by atoms with E-state index in [2.05, 4.69) is 41.2 Å². The van der Waals surface area contributed by atoms with E-state index in [9.17, 15) is 19.5 Å². The van der Waals surface area contributed by atoms with Crippen LogP contribution in [-0.4, -0.2) is 62.2 Å². The summed E-state index contributed by atoms with van der Waals surface area (Å²) in [6, 6.07) is 12.6. The number of hydrogen-bond donors (Lipinski definition) is 5. The number of nitrogens with one attached hydrogen (secondary N) is 4. The molecule has 0 aliphatic carbocycles. The highest BCUT2D eigenvalue weighted by atomic mass is 35.5. The minimum Gasteiger partial charge on any atom is -0.462 e. The molecule has 45 heavy (non-hydrogen) atoms. The summed E-state index contributed by atoms with van der Waals surface area (Å²) in [5.41, 5.74) is 1.43. The number of aliphatic hydroxyl groups excluding tert-OH is 1. The number of nitrogens with zero attached hydrogens (tertiary/aromatic N) is 4. The van der Waals surface area contributed by atoms with Crippen LogP contribution in [0.3, 0.4) is 0 Å². The Morgan fingerprint density at radius 2 is 1.27 bits per heavy atom. The molecule has 2 heterocycles. The third kappa shape index (κ3) is 10.8. The van der Waals surface area contributed by atoms with Crippen molar-refractivity contribution in [1.82, 2.24) is 19.9 Å². The second-order valence-corrected chi connectivity index (χ2v) is 10.7. The third-order valence-corrected chi connectivity index (χ3v) is 7.13. The van der Waals surface area contributed by atoms with Crippen LogP contribution in [0.15, 0.2) is 71.2 Å². The second-order valence-electron chi connectivity index (χ2n) is 8.35. The number of benzene rings is 2. The molecule has 0 fully saturated rings. The van der Waals surface area contributed by atoms with Crippen molar-refractivity contribution < 1.29 is 24.2 Å². The molecule has 0 atom stereocenters. The number of carbonyl (C=O) groups excluding carboxylic acids is 3. The minimum absolute atomic E-state index is 0.0670. The number of amides is 4.